The van der Waals surface area contributed by atoms with Crippen molar-refractivity contribution < 1.29 is 18.7 Å². The van der Waals surface area contributed by atoms with E-state index in [2.05, 4.69) is 10.3 Å². The van der Waals surface area contributed by atoms with Crippen LogP contribution in [0, 0.1) is 5.82 Å². The first-order chi connectivity index (χ1) is 12.5. The van der Waals surface area contributed by atoms with Gasteiger partial charge >= 0.3 is 6.09 Å². The van der Waals surface area contributed by atoms with Crippen molar-refractivity contribution >= 4 is 41.2 Å². The van der Waals surface area contributed by atoms with E-state index in [1.807, 2.05) is 6.92 Å². The maximum Gasteiger partial charge on any atom is 0.414 e. The highest BCUT2D eigenvalue weighted by Crippen LogP contribution is 2.28. The predicted octanol–water partition coefficient (Wildman–Crippen LogP) is 2.30. The number of cyclic esters (lactones) is 1. The molecule has 9 heteroatoms. The number of thiocarbonyl (C=S) groups is 1. The van der Waals surface area contributed by atoms with Gasteiger partial charge < -0.3 is 19.7 Å². The minimum atomic E-state index is -0.513. The van der Waals surface area contributed by atoms with Gasteiger partial charge in [-0.15, -0.1) is 0 Å². The van der Waals surface area contributed by atoms with Crippen molar-refractivity contribution in [1.82, 2.24) is 5.32 Å². The Bertz CT molecular complexity index is 730. The summed E-state index contributed by atoms with van der Waals surface area (Å²) in [5.41, 5.74) is 0.899. The number of methoxy groups -OCH3 is 1. The predicted molar refractivity (Wildman–Crippen MR) is 102 cm³/mol. The average Bonchev–Trinajstić information content (AvgIpc) is 3.01. The smallest absolute Gasteiger partial charge is 0.414 e. The second kappa shape index (κ2) is 7.86. The van der Waals surface area contributed by atoms with E-state index in [4.69, 9.17) is 21.7 Å². The van der Waals surface area contributed by atoms with Gasteiger partial charge in [-0.1, -0.05) is 0 Å². The third-order valence-electron chi connectivity index (χ3n) is 4.33. The van der Waals surface area contributed by atoms with Crippen LogP contribution in [0.5, 0.6) is 0 Å². The van der Waals surface area contributed by atoms with Crippen molar-refractivity contribution in [3.8, 4) is 0 Å². The normalized spacial score (nSPS) is 22.3. The van der Waals surface area contributed by atoms with Gasteiger partial charge in [0.25, 0.3) is 5.17 Å². The second-order valence-corrected chi connectivity index (χ2v) is 6.59. The molecule has 1 fully saturated rings. The van der Waals surface area contributed by atoms with E-state index < -0.39 is 18.0 Å². The van der Waals surface area contributed by atoms with Gasteiger partial charge in [0.05, 0.1) is 44.0 Å². The fraction of sp³-hybridized carbons (Fsp3) is 0.471. The van der Waals surface area contributed by atoms with Gasteiger partial charge in [-0.25, -0.2) is 9.18 Å². The van der Waals surface area contributed by atoms with Crippen molar-refractivity contribution in [3.05, 3.63) is 24.0 Å². The molecule has 1 N–H and O–H groups in total. The number of amides is 1. The van der Waals surface area contributed by atoms with Gasteiger partial charge in [-0.05, 0) is 43.8 Å². The summed E-state index contributed by atoms with van der Waals surface area (Å²) in [6, 6.07) is 4.97. The lowest BCUT2D eigenvalue weighted by Crippen LogP contribution is -2.34. The number of nitrogens with zero attached hydrogens (tertiary/aromatic N) is 3. The zero-order valence-corrected chi connectivity index (χ0v) is 15.5. The summed E-state index contributed by atoms with van der Waals surface area (Å²) in [5.74, 6) is -0.404. The summed E-state index contributed by atoms with van der Waals surface area (Å²) < 4.78 is 24.7. The molecule has 0 bridgehead atoms. The zero-order valence-electron chi connectivity index (χ0n) is 14.6. The summed E-state index contributed by atoms with van der Waals surface area (Å²) in [4.78, 5) is 19.6. The molecule has 1 saturated heterocycles. The highest BCUT2D eigenvalue weighted by molar-refractivity contribution is 7.80. The summed E-state index contributed by atoms with van der Waals surface area (Å²) in [6.45, 7) is 3.37. The van der Waals surface area contributed by atoms with Crippen LogP contribution in [-0.4, -0.2) is 56.5 Å². The van der Waals surface area contributed by atoms with Gasteiger partial charge in [0, 0.05) is 6.54 Å². The van der Waals surface area contributed by atoms with Crippen molar-refractivity contribution in [1.29, 1.82) is 0 Å². The Labute approximate surface area is 156 Å². The number of aliphatic imine (C=N–C) groups is 1. The molecule has 7 nitrogen and oxygen atoms in total. The van der Waals surface area contributed by atoms with E-state index in [-0.39, 0.29) is 11.2 Å². The van der Waals surface area contributed by atoms with E-state index in [0.717, 1.165) is 6.42 Å². The van der Waals surface area contributed by atoms with Crippen LogP contribution in [-0.2, 0) is 9.47 Å². The molecule has 2 aliphatic rings. The fourth-order valence-electron chi connectivity index (χ4n) is 2.84. The molecule has 140 valence electrons. The lowest BCUT2D eigenvalue weighted by Gasteiger charge is -2.26. The van der Waals surface area contributed by atoms with Gasteiger partial charge in [0.1, 0.15) is 11.9 Å². The van der Waals surface area contributed by atoms with Crippen LogP contribution < -0.4 is 15.1 Å². The van der Waals surface area contributed by atoms with Crippen molar-refractivity contribution in [2.45, 2.75) is 25.5 Å². The average molecular weight is 380 g/mol. The molecule has 1 aromatic carbocycles. The number of anilines is 2. The van der Waals surface area contributed by atoms with Gasteiger partial charge in [-0.3, -0.25) is 9.89 Å². The van der Waals surface area contributed by atoms with E-state index in [0.29, 0.717) is 31.0 Å². The lowest BCUT2D eigenvalue weighted by molar-refractivity contribution is 0.142. The van der Waals surface area contributed by atoms with Crippen LogP contribution >= 0.6 is 12.2 Å². The third-order valence-corrected chi connectivity index (χ3v) is 4.65. The molecule has 0 saturated carbocycles. The Morgan fingerprint density at radius 1 is 1.54 bits per heavy atom. The highest BCUT2D eigenvalue weighted by Gasteiger charge is 2.33. The molecule has 0 aliphatic carbocycles. The van der Waals surface area contributed by atoms with E-state index in [1.165, 1.54) is 18.1 Å². The zero-order chi connectivity index (χ0) is 18.7. The van der Waals surface area contributed by atoms with Crippen molar-refractivity contribution in [2.75, 3.05) is 36.5 Å². The minimum Gasteiger partial charge on any atom is -0.474 e. The number of rotatable bonds is 4. The second-order valence-electron chi connectivity index (χ2n) is 6.22. The molecule has 2 heterocycles. The quantitative estimate of drug-likeness (QED) is 0.809. The molecule has 3 rings (SSSR count). The molecule has 2 aliphatic heterocycles. The molecule has 2 atom stereocenters. The first kappa shape index (κ1) is 18.4. The van der Waals surface area contributed by atoms with E-state index >= 15 is 0 Å². The van der Waals surface area contributed by atoms with Crippen LogP contribution in [0.25, 0.3) is 0 Å². The Hall–Kier alpha value is -2.42. The number of hydrogen-bond donors (Lipinski definition) is 1. The minimum absolute atomic E-state index is 0.229. The van der Waals surface area contributed by atoms with Gasteiger partial charge in [0.2, 0.25) is 0 Å². The molecule has 0 radical (unpaired) electrons. The monoisotopic (exact) mass is 380 g/mol. The standard InChI is InChI=1S/C17H21FN4O3S/c1-11-5-6-21(10-20-11)15-4-3-12(7-14(15)18)22-9-13(25-17(22)23)8-19-16(26)24-2/h3-4,7,10-11,13H,5-6,8-9H2,1-2H3,(H,19,26). The summed E-state index contributed by atoms with van der Waals surface area (Å²) in [5, 5.41) is 3.07. The molecule has 0 aromatic heterocycles. The Morgan fingerprint density at radius 3 is 3.00 bits per heavy atom. The number of benzene rings is 1. The third kappa shape index (κ3) is 4.04. The van der Waals surface area contributed by atoms with Crippen molar-refractivity contribution in [3.63, 3.8) is 0 Å². The molecule has 0 spiro atoms. The summed E-state index contributed by atoms with van der Waals surface area (Å²) in [7, 11) is 1.46. The summed E-state index contributed by atoms with van der Waals surface area (Å²) in [6.07, 6.45) is 1.62. The molecule has 1 amide bonds. The van der Waals surface area contributed by atoms with Crippen LogP contribution in [0.15, 0.2) is 23.2 Å². The maximum atomic E-state index is 14.6. The van der Waals surface area contributed by atoms with E-state index in [1.54, 1.807) is 23.4 Å². The Morgan fingerprint density at radius 2 is 2.35 bits per heavy atom. The molecule has 1 aromatic rings. The van der Waals surface area contributed by atoms with Gasteiger partial charge in [-0.2, -0.15) is 0 Å². The SMILES string of the molecule is COC(=S)NCC1CN(c2ccc(N3C=NC(C)CC3)c(F)c2)C(=O)O1. The number of carbonyl (C=O) groups is 1. The van der Waals surface area contributed by atoms with E-state index in [9.17, 15) is 9.18 Å². The maximum absolute atomic E-state index is 14.6. The topological polar surface area (TPSA) is 66.4 Å². The number of carbonyl (C=O) groups excluding carboxylic acids is 1. The van der Waals surface area contributed by atoms with Crippen LogP contribution in [0.1, 0.15) is 13.3 Å². The molecular weight excluding hydrogens is 359 g/mol. The first-order valence-electron chi connectivity index (χ1n) is 8.37. The Kier molecular flexibility index (Phi) is 5.55. The van der Waals surface area contributed by atoms with Gasteiger partial charge in [0.15, 0.2) is 0 Å². The molecule has 2 unspecified atom stereocenters. The fourth-order valence-corrected chi connectivity index (χ4v) is 2.92. The van der Waals surface area contributed by atoms with Crippen molar-refractivity contribution in [2.24, 2.45) is 4.99 Å². The molecular formula is C17H21FN4O3S. The lowest BCUT2D eigenvalue weighted by atomic mass is 10.2. The number of ether oxygens (including phenoxy) is 2. The highest BCUT2D eigenvalue weighted by atomic mass is 32.1. The number of nitrogens with one attached hydrogen (secondary N) is 1. The number of halogens is 1. The van der Waals surface area contributed by atoms with Crippen LogP contribution in [0.3, 0.4) is 0 Å². The molecule has 26 heavy (non-hydrogen) atoms. The summed E-state index contributed by atoms with van der Waals surface area (Å²) >= 11 is 4.89. The largest absolute Gasteiger partial charge is 0.474 e. The Balaban J connectivity index is 1.68. The number of hydrogen-bond acceptors (Lipinski definition) is 6. The van der Waals surface area contributed by atoms with Crippen LogP contribution in [0.4, 0.5) is 20.6 Å². The first-order valence-corrected chi connectivity index (χ1v) is 8.78. The van der Waals surface area contributed by atoms with Crippen LogP contribution in [0.2, 0.25) is 0 Å².